The van der Waals surface area contributed by atoms with Gasteiger partial charge in [-0.3, -0.25) is 9.78 Å². The maximum atomic E-state index is 12.5. The quantitative estimate of drug-likeness (QED) is 0.717. The summed E-state index contributed by atoms with van der Waals surface area (Å²) in [6.07, 6.45) is 1.62. The molecule has 2 aromatic carbocycles. The number of pyridine rings is 1. The largest absolute Gasteiger partial charge is 0.495 e. The normalized spacial score (nSPS) is 10.1. The molecule has 0 aliphatic carbocycles. The van der Waals surface area contributed by atoms with E-state index in [1.54, 1.807) is 31.5 Å². The Labute approximate surface area is 146 Å². The molecule has 25 heavy (non-hydrogen) atoms. The Morgan fingerprint density at radius 3 is 2.60 bits per heavy atom. The summed E-state index contributed by atoms with van der Waals surface area (Å²) in [6, 6.07) is 20.9. The van der Waals surface area contributed by atoms with E-state index in [0.29, 0.717) is 23.7 Å². The highest BCUT2D eigenvalue weighted by atomic mass is 16.5. The van der Waals surface area contributed by atoms with Crippen LogP contribution in [0.5, 0.6) is 5.75 Å². The summed E-state index contributed by atoms with van der Waals surface area (Å²) in [5, 5.41) is 6.12. The monoisotopic (exact) mass is 333 g/mol. The van der Waals surface area contributed by atoms with E-state index in [-0.39, 0.29) is 5.91 Å². The van der Waals surface area contributed by atoms with Crippen molar-refractivity contribution in [1.82, 2.24) is 4.98 Å². The number of hydrogen-bond donors (Lipinski definition) is 2. The average molecular weight is 333 g/mol. The first kappa shape index (κ1) is 16.5. The molecule has 0 saturated carbocycles. The van der Waals surface area contributed by atoms with E-state index in [1.807, 2.05) is 48.5 Å². The standard InChI is InChI=1S/C20H19N3O2/c1-25-19-10-6-5-9-17(19)23-20(24)18-13-16(11-12-21-18)22-14-15-7-3-2-4-8-15/h2-13H,14H2,1H3,(H,21,22)(H,23,24). The molecule has 5 heteroatoms. The van der Waals surface area contributed by atoms with Crippen LogP contribution in [0.25, 0.3) is 0 Å². The Kier molecular flexibility index (Phi) is 5.26. The van der Waals surface area contributed by atoms with Crippen molar-refractivity contribution >= 4 is 17.3 Å². The maximum Gasteiger partial charge on any atom is 0.274 e. The lowest BCUT2D eigenvalue weighted by Gasteiger charge is -2.11. The summed E-state index contributed by atoms with van der Waals surface area (Å²) < 4.78 is 5.25. The summed E-state index contributed by atoms with van der Waals surface area (Å²) in [4.78, 5) is 16.6. The van der Waals surface area contributed by atoms with Crippen LogP contribution in [0.1, 0.15) is 16.1 Å². The second kappa shape index (κ2) is 7.97. The lowest BCUT2D eigenvalue weighted by atomic mass is 10.2. The highest BCUT2D eigenvalue weighted by Crippen LogP contribution is 2.23. The minimum atomic E-state index is -0.284. The van der Waals surface area contributed by atoms with E-state index in [0.717, 1.165) is 5.69 Å². The molecule has 2 N–H and O–H groups in total. The molecule has 126 valence electrons. The van der Waals surface area contributed by atoms with Gasteiger partial charge in [0.2, 0.25) is 0 Å². The number of carbonyl (C=O) groups is 1. The first-order valence-corrected chi connectivity index (χ1v) is 7.94. The summed E-state index contributed by atoms with van der Waals surface area (Å²) in [5.74, 6) is 0.321. The highest BCUT2D eigenvalue weighted by Gasteiger charge is 2.11. The average Bonchev–Trinajstić information content (AvgIpc) is 2.68. The van der Waals surface area contributed by atoms with Crippen molar-refractivity contribution in [2.45, 2.75) is 6.54 Å². The number of aromatic nitrogens is 1. The summed E-state index contributed by atoms with van der Waals surface area (Å²) in [5.41, 5.74) is 2.95. The number of nitrogens with zero attached hydrogens (tertiary/aromatic N) is 1. The van der Waals surface area contributed by atoms with Crippen LogP contribution in [0.3, 0.4) is 0 Å². The Balaban J connectivity index is 1.69. The number of ether oxygens (including phenoxy) is 1. The zero-order valence-corrected chi connectivity index (χ0v) is 13.9. The Hall–Kier alpha value is -3.34. The molecule has 0 aliphatic heterocycles. The van der Waals surface area contributed by atoms with Crippen molar-refractivity contribution in [3.05, 3.63) is 84.2 Å². The number of methoxy groups -OCH3 is 1. The van der Waals surface area contributed by atoms with Crippen molar-refractivity contribution in [2.24, 2.45) is 0 Å². The molecule has 5 nitrogen and oxygen atoms in total. The molecular weight excluding hydrogens is 314 g/mol. The Morgan fingerprint density at radius 2 is 1.80 bits per heavy atom. The molecular formula is C20H19N3O2. The van der Waals surface area contributed by atoms with Crippen molar-refractivity contribution in [3.8, 4) is 5.75 Å². The summed E-state index contributed by atoms with van der Waals surface area (Å²) in [6.45, 7) is 0.679. The predicted octanol–water partition coefficient (Wildman–Crippen LogP) is 3.95. The van der Waals surface area contributed by atoms with E-state index in [2.05, 4.69) is 15.6 Å². The topological polar surface area (TPSA) is 63.2 Å². The molecule has 1 aromatic heterocycles. The number of para-hydroxylation sites is 2. The fourth-order valence-electron chi connectivity index (χ4n) is 2.40. The summed E-state index contributed by atoms with van der Waals surface area (Å²) in [7, 11) is 1.57. The van der Waals surface area contributed by atoms with Crippen LogP contribution in [-0.2, 0) is 6.54 Å². The molecule has 0 bridgehead atoms. The second-order valence-corrected chi connectivity index (χ2v) is 5.42. The zero-order chi connectivity index (χ0) is 17.5. The van der Waals surface area contributed by atoms with E-state index >= 15 is 0 Å². The van der Waals surface area contributed by atoms with Gasteiger partial charge in [0.05, 0.1) is 12.8 Å². The molecule has 1 amide bonds. The number of amides is 1. The van der Waals surface area contributed by atoms with Gasteiger partial charge in [0.15, 0.2) is 0 Å². The number of carbonyl (C=O) groups excluding carboxylic acids is 1. The van der Waals surface area contributed by atoms with Crippen molar-refractivity contribution in [3.63, 3.8) is 0 Å². The fraction of sp³-hybridized carbons (Fsp3) is 0.100. The van der Waals surface area contributed by atoms with Crippen LogP contribution in [0.2, 0.25) is 0 Å². The number of benzene rings is 2. The number of rotatable bonds is 6. The van der Waals surface area contributed by atoms with Crippen LogP contribution in [0.4, 0.5) is 11.4 Å². The lowest BCUT2D eigenvalue weighted by molar-refractivity contribution is 0.102. The van der Waals surface area contributed by atoms with Gasteiger partial charge in [-0.15, -0.1) is 0 Å². The molecule has 0 fully saturated rings. The number of nitrogens with one attached hydrogen (secondary N) is 2. The van der Waals surface area contributed by atoms with E-state index in [1.165, 1.54) is 5.56 Å². The molecule has 0 atom stereocenters. The van der Waals surface area contributed by atoms with E-state index in [9.17, 15) is 4.79 Å². The van der Waals surface area contributed by atoms with Gasteiger partial charge in [-0.1, -0.05) is 42.5 Å². The smallest absolute Gasteiger partial charge is 0.274 e. The Bertz CT molecular complexity index is 850. The van der Waals surface area contributed by atoms with Gasteiger partial charge in [0.1, 0.15) is 11.4 Å². The third kappa shape index (κ3) is 4.35. The van der Waals surface area contributed by atoms with E-state index < -0.39 is 0 Å². The summed E-state index contributed by atoms with van der Waals surface area (Å²) >= 11 is 0. The van der Waals surface area contributed by atoms with Crippen molar-refractivity contribution < 1.29 is 9.53 Å². The minimum absolute atomic E-state index is 0.284. The van der Waals surface area contributed by atoms with Crippen LogP contribution in [-0.4, -0.2) is 18.0 Å². The van der Waals surface area contributed by atoms with Gasteiger partial charge in [0, 0.05) is 18.4 Å². The second-order valence-electron chi connectivity index (χ2n) is 5.42. The van der Waals surface area contributed by atoms with Crippen LogP contribution < -0.4 is 15.4 Å². The molecule has 3 rings (SSSR count). The first-order valence-electron chi connectivity index (χ1n) is 7.94. The highest BCUT2D eigenvalue weighted by molar-refractivity contribution is 6.04. The van der Waals surface area contributed by atoms with Gasteiger partial charge in [-0.05, 0) is 29.8 Å². The first-order chi connectivity index (χ1) is 12.3. The van der Waals surface area contributed by atoms with Crippen LogP contribution in [0, 0.1) is 0 Å². The fourth-order valence-corrected chi connectivity index (χ4v) is 2.40. The van der Waals surface area contributed by atoms with Gasteiger partial charge in [0.25, 0.3) is 5.91 Å². The molecule has 1 heterocycles. The Morgan fingerprint density at radius 1 is 1.04 bits per heavy atom. The minimum Gasteiger partial charge on any atom is -0.495 e. The lowest BCUT2D eigenvalue weighted by Crippen LogP contribution is -2.14. The van der Waals surface area contributed by atoms with Crippen molar-refractivity contribution in [1.29, 1.82) is 0 Å². The molecule has 0 radical (unpaired) electrons. The van der Waals surface area contributed by atoms with E-state index in [4.69, 9.17) is 4.74 Å². The van der Waals surface area contributed by atoms with Gasteiger partial charge in [-0.25, -0.2) is 0 Å². The number of anilines is 2. The van der Waals surface area contributed by atoms with Crippen LogP contribution in [0.15, 0.2) is 72.9 Å². The molecule has 0 spiro atoms. The zero-order valence-electron chi connectivity index (χ0n) is 13.9. The van der Waals surface area contributed by atoms with Gasteiger partial charge < -0.3 is 15.4 Å². The third-order valence-corrected chi connectivity index (χ3v) is 3.69. The predicted molar refractivity (Wildman–Crippen MR) is 99.0 cm³/mol. The maximum absolute atomic E-state index is 12.5. The van der Waals surface area contributed by atoms with Crippen molar-refractivity contribution in [2.75, 3.05) is 17.7 Å². The molecule has 0 saturated heterocycles. The molecule has 3 aromatic rings. The van der Waals surface area contributed by atoms with Crippen LogP contribution >= 0.6 is 0 Å². The van der Waals surface area contributed by atoms with Gasteiger partial charge >= 0.3 is 0 Å². The number of hydrogen-bond acceptors (Lipinski definition) is 4. The van der Waals surface area contributed by atoms with Gasteiger partial charge in [-0.2, -0.15) is 0 Å². The molecule has 0 aliphatic rings. The SMILES string of the molecule is COc1ccccc1NC(=O)c1cc(NCc2ccccc2)ccn1. The molecule has 0 unspecified atom stereocenters. The third-order valence-electron chi connectivity index (χ3n) is 3.69.